The molecule has 0 unspecified atom stereocenters. The highest BCUT2D eigenvalue weighted by molar-refractivity contribution is 5.75. The van der Waals surface area contributed by atoms with Crippen LogP contribution in [-0.2, 0) is 0 Å². The maximum Gasteiger partial charge on any atom is 0 e. The number of rotatable bonds is 0. The fourth-order valence-electron chi connectivity index (χ4n) is 0.385. The second kappa shape index (κ2) is 29.2. The van der Waals surface area contributed by atoms with Gasteiger partial charge in [0, 0.05) is 8.41 Å². The maximum atomic E-state index is 2.17. The Hall–Kier alpha value is -0.715. The van der Waals surface area contributed by atoms with Gasteiger partial charge in [-0.25, -0.2) is 0 Å². The second-order valence-electron chi connectivity index (χ2n) is 2.89. The molecule has 0 atom stereocenters. The van der Waals surface area contributed by atoms with Crippen LogP contribution in [0.5, 0.6) is 0 Å². The summed E-state index contributed by atoms with van der Waals surface area (Å²) in [5.41, 5.74) is 0. The summed E-state index contributed by atoms with van der Waals surface area (Å²) in [6.07, 6.45) is 0. The summed E-state index contributed by atoms with van der Waals surface area (Å²) in [6.45, 7) is 14.5. The first-order valence-corrected chi connectivity index (χ1v) is 5.73. The van der Waals surface area contributed by atoms with Gasteiger partial charge in [-0.1, -0.05) is 84.9 Å². The van der Waals surface area contributed by atoms with Gasteiger partial charge < -0.3 is 0 Å². The third kappa shape index (κ3) is 60.6. The van der Waals surface area contributed by atoms with Crippen LogP contribution in [0.4, 0.5) is 0 Å². The lowest BCUT2D eigenvalue weighted by molar-refractivity contribution is 0.737. The van der Waals surface area contributed by atoms with Gasteiger partial charge in [-0.2, -0.15) is 0 Å². The molecule has 0 amide bonds. The van der Waals surface area contributed by atoms with Crippen molar-refractivity contribution in [3.05, 3.63) is 36.4 Å². The van der Waals surface area contributed by atoms with E-state index in [1.165, 1.54) is 0 Å². The van der Waals surface area contributed by atoms with Crippen LogP contribution in [0.15, 0.2) is 36.4 Å². The zero-order valence-electron chi connectivity index (χ0n) is 11.6. The Balaban J connectivity index is -0.0000000601. The van der Waals surface area contributed by atoms with Gasteiger partial charge in [-0.15, -0.1) is 0 Å². The summed E-state index contributed by atoms with van der Waals surface area (Å²) >= 11 is 0. The van der Waals surface area contributed by atoms with Gasteiger partial charge in [0.05, 0.1) is 0 Å². The van der Waals surface area contributed by atoms with Crippen molar-refractivity contribution < 1.29 is 0 Å². The molecule has 0 saturated carbocycles. The van der Waals surface area contributed by atoms with E-state index < -0.39 is 0 Å². The smallest absolute Gasteiger partial charge is 0 e. The highest BCUT2D eigenvalue weighted by Gasteiger charge is 1.68. The van der Waals surface area contributed by atoms with Crippen molar-refractivity contribution in [1.29, 1.82) is 0 Å². The van der Waals surface area contributed by atoms with E-state index in [1.807, 2.05) is 64.1 Å². The summed E-state index contributed by atoms with van der Waals surface area (Å²) in [4.78, 5) is 0. The molecule has 0 aromatic heterocycles. The predicted molar refractivity (Wildman–Crippen MR) is 75.4 cm³/mol. The summed E-state index contributed by atoms with van der Waals surface area (Å²) in [6, 6.07) is 12.0. The van der Waals surface area contributed by atoms with Crippen LogP contribution < -0.4 is 0 Å². The van der Waals surface area contributed by atoms with Crippen molar-refractivity contribution in [2.45, 2.75) is 48.5 Å². The third-order valence-electron chi connectivity index (χ3n) is 0.667. The lowest BCUT2D eigenvalue weighted by Gasteiger charge is -1.79. The van der Waals surface area contributed by atoms with Crippen LogP contribution >= 0.6 is 0 Å². The Morgan fingerprint density at radius 1 is 0.533 bits per heavy atom. The predicted octanol–water partition coefficient (Wildman–Crippen LogP) is 5.02. The Labute approximate surface area is 99.7 Å². The summed E-state index contributed by atoms with van der Waals surface area (Å²) in [5, 5.41) is 0. The van der Waals surface area contributed by atoms with E-state index in [1.54, 1.807) is 0 Å². The molecule has 1 aromatic carbocycles. The lowest BCUT2D eigenvalue weighted by Crippen LogP contribution is -1.66. The van der Waals surface area contributed by atoms with Crippen LogP contribution in [0.1, 0.15) is 48.5 Å². The number of hydrogen-bond donors (Lipinski definition) is 0. The minimum absolute atomic E-state index is 0. The van der Waals surface area contributed by atoms with E-state index in [2.05, 4.69) is 20.8 Å². The molecule has 0 nitrogen and oxygen atoms in total. The Kier molecular flexibility index (Phi) is 46.4. The number of benzene rings is 1. The molecule has 0 spiro atoms. The molecule has 0 fully saturated rings. The minimum Gasteiger partial charge on any atom is -0.0683 e. The van der Waals surface area contributed by atoms with Gasteiger partial charge in [0.25, 0.3) is 0 Å². The zero-order chi connectivity index (χ0) is 11.8. The minimum atomic E-state index is 0. The van der Waals surface area contributed by atoms with Crippen molar-refractivity contribution in [3.63, 3.8) is 0 Å². The Morgan fingerprint density at radius 3 is 0.667 bits per heavy atom. The largest absolute Gasteiger partial charge is 0.0683 e. The maximum absolute atomic E-state index is 2.17. The molecular weight excluding hydrogens is 179 g/mol. The van der Waals surface area contributed by atoms with Gasteiger partial charge in [0.1, 0.15) is 0 Å². The zero-order valence-corrected chi connectivity index (χ0v) is 11.6. The van der Waals surface area contributed by atoms with Crippen LogP contribution in [0.25, 0.3) is 0 Å². The molecule has 1 rings (SSSR count). The average molecular weight is 207 g/mol. The van der Waals surface area contributed by atoms with Crippen molar-refractivity contribution in [2.24, 2.45) is 5.92 Å². The van der Waals surface area contributed by atoms with Crippen LogP contribution in [0.3, 0.4) is 0 Å². The van der Waals surface area contributed by atoms with E-state index in [0.29, 0.717) is 0 Å². The second-order valence-corrected chi connectivity index (χ2v) is 2.89. The molecule has 3 radical (unpaired) electrons. The monoisotopic (exact) mass is 207 g/mol. The van der Waals surface area contributed by atoms with E-state index in [9.17, 15) is 0 Å². The first-order valence-electron chi connectivity index (χ1n) is 5.73. The van der Waals surface area contributed by atoms with Crippen LogP contribution in [-0.4, -0.2) is 8.41 Å². The molecular formula is C14H28B. The van der Waals surface area contributed by atoms with Gasteiger partial charge in [0.2, 0.25) is 0 Å². The third-order valence-corrected chi connectivity index (χ3v) is 0.667. The van der Waals surface area contributed by atoms with Crippen LogP contribution in [0.2, 0.25) is 0 Å². The van der Waals surface area contributed by atoms with E-state index in [4.69, 9.17) is 0 Å². The van der Waals surface area contributed by atoms with Crippen LogP contribution in [0, 0.1) is 5.92 Å². The van der Waals surface area contributed by atoms with Crippen molar-refractivity contribution >= 4 is 8.41 Å². The van der Waals surface area contributed by atoms with Crippen molar-refractivity contribution in [1.82, 2.24) is 0 Å². The van der Waals surface area contributed by atoms with Gasteiger partial charge in [-0.3, -0.25) is 0 Å². The standard InChI is InChI=1S/C6H6.C4H10.2C2H6.B/c1-2-4-6-5-3-1;1-4(2)3;2*1-2;/h1-6H;4H,1-3H3;2*1-2H3;. The summed E-state index contributed by atoms with van der Waals surface area (Å²) in [5.74, 6) is 0.833. The summed E-state index contributed by atoms with van der Waals surface area (Å²) < 4.78 is 0. The fraction of sp³-hybridized carbons (Fsp3) is 0.571. The van der Waals surface area contributed by atoms with Gasteiger partial charge >= 0.3 is 0 Å². The molecule has 0 aliphatic carbocycles. The fourth-order valence-corrected chi connectivity index (χ4v) is 0.385. The quantitative estimate of drug-likeness (QED) is 0.524. The molecule has 0 heterocycles. The molecule has 0 bridgehead atoms. The first-order chi connectivity index (χ1) is 6.73. The SMILES string of the molecule is CC.CC.CC(C)C.[B].c1ccccc1. The Morgan fingerprint density at radius 2 is 0.600 bits per heavy atom. The van der Waals surface area contributed by atoms with E-state index >= 15 is 0 Å². The number of hydrogen-bond acceptors (Lipinski definition) is 0. The topological polar surface area (TPSA) is 0 Å². The average Bonchev–Trinajstić information content (AvgIpc) is 2.25. The van der Waals surface area contributed by atoms with Crippen molar-refractivity contribution in [3.8, 4) is 0 Å². The highest BCUT2D eigenvalue weighted by Crippen LogP contribution is 1.81. The molecule has 87 valence electrons. The summed E-state index contributed by atoms with van der Waals surface area (Å²) in [7, 11) is 0. The molecule has 1 aromatic rings. The Bertz CT molecular complexity index is 106. The normalized spacial score (nSPS) is 6.40. The first kappa shape index (κ1) is 23.8. The molecule has 0 aliphatic heterocycles. The van der Waals surface area contributed by atoms with Gasteiger partial charge in [-0.05, 0) is 5.92 Å². The molecule has 0 N–H and O–H groups in total. The van der Waals surface area contributed by atoms with Gasteiger partial charge in [0.15, 0.2) is 0 Å². The lowest BCUT2D eigenvalue weighted by atomic mass is 10.3. The highest BCUT2D eigenvalue weighted by atomic mass is 13.7. The van der Waals surface area contributed by atoms with E-state index in [0.717, 1.165) is 5.92 Å². The van der Waals surface area contributed by atoms with Crippen molar-refractivity contribution in [2.75, 3.05) is 0 Å². The molecule has 1 heteroatoms. The molecule has 0 aliphatic rings. The van der Waals surface area contributed by atoms with E-state index in [-0.39, 0.29) is 8.41 Å². The molecule has 0 saturated heterocycles. The molecule has 15 heavy (non-hydrogen) atoms.